The van der Waals surface area contributed by atoms with Gasteiger partial charge in [0, 0.05) is 18.9 Å². The van der Waals surface area contributed by atoms with Crippen molar-refractivity contribution in [3.8, 4) is 5.75 Å². The minimum absolute atomic E-state index is 0.160. The summed E-state index contributed by atoms with van der Waals surface area (Å²) in [6.45, 7) is 6.41. The fourth-order valence-corrected chi connectivity index (χ4v) is 3.03. The molecule has 0 spiro atoms. The Morgan fingerprint density at radius 3 is 2.39 bits per heavy atom. The molecule has 2 atom stereocenters. The van der Waals surface area contributed by atoms with Gasteiger partial charge in [-0.05, 0) is 36.3 Å². The molecule has 0 bridgehead atoms. The summed E-state index contributed by atoms with van der Waals surface area (Å²) in [5.74, 6) is 0.980. The number of rotatable bonds is 5. The minimum atomic E-state index is -0.273. The van der Waals surface area contributed by atoms with Crippen LogP contribution in [0, 0.1) is 5.41 Å². The minimum Gasteiger partial charge on any atom is -0.497 e. The molecule has 1 aliphatic rings. The van der Waals surface area contributed by atoms with Crippen molar-refractivity contribution in [2.24, 2.45) is 5.41 Å². The average Bonchev–Trinajstić information content (AvgIpc) is 2.60. The number of allylic oxidation sites excluding steroid dienone is 1. The van der Waals surface area contributed by atoms with E-state index in [1.54, 1.807) is 14.2 Å². The molecule has 0 amide bonds. The highest BCUT2D eigenvalue weighted by molar-refractivity contribution is 5.95. The number of ketones is 1. The summed E-state index contributed by atoms with van der Waals surface area (Å²) in [4.78, 5) is 12.2. The lowest BCUT2D eigenvalue weighted by molar-refractivity contribution is -0.122. The molecule has 0 fully saturated rings. The van der Waals surface area contributed by atoms with Crippen LogP contribution in [0.4, 0.5) is 0 Å². The predicted molar refractivity (Wildman–Crippen MR) is 89.5 cm³/mol. The summed E-state index contributed by atoms with van der Waals surface area (Å²) in [6.07, 6.45) is 1.95. The molecule has 1 aromatic carbocycles. The molecule has 4 nitrogen and oxygen atoms in total. The Morgan fingerprint density at radius 1 is 1.17 bits per heavy atom. The van der Waals surface area contributed by atoms with Crippen molar-refractivity contribution in [3.05, 3.63) is 41.5 Å². The molecule has 0 aromatic heterocycles. The van der Waals surface area contributed by atoms with Crippen LogP contribution in [-0.2, 0) is 20.9 Å². The van der Waals surface area contributed by atoms with Gasteiger partial charge >= 0.3 is 0 Å². The number of hydrogen-bond acceptors (Lipinski definition) is 4. The highest BCUT2D eigenvalue weighted by Crippen LogP contribution is 2.35. The normalized spacial score (nSPS) is 24.0. The summed E-state index contributed by atoms with van der Waals surface area (Å²) in [6, 6.07) is 7.77. The Kier molecular flexibility index (Phi) is 5.60. The van der Waals surface area contributed by atoms with Gasteiger partial charge in [-0.25, -0.2) is 0 Å². The number of Topliss-reactive ketones (excluding diaryl/α,β-unsaturated/α-hetero) is 1. The van der Waals surface area contributed by atoms with E-state index in [0.29, 0.717) is 13.0 Å². The van der Waals surface area contributed by atoms with Crippen LogP contribution in [0.2, 0.25) is 0 Å². The standard InChI is InChI=1S/C19H26O4/c1-13-10-17(18(22-5)19(2,3)11-16(13)20)23-12-14-6-8-15(21-4)9-7-14/h6-10,17-18H,11-12H2,1-5H3. The maximum Gasteiger partial charge on any atom is 0.158 e. The molecular weight excluding hydrogens is 292 g/mol. The van der Waals surface area contributed by atoms with Crippen LogP contribution in [0.1, 0.15) is 32.8 Å². The topological polar surface area (TPSA) is 44.8 Å². The third-order valence-electron chi connectivity index (χ3n) is 4.39. The molecule has 0 N–H and O–H groups in total. The summed E-state index contributed by atoms with van der Waals surface area (Å²) >= 11 is 0. The molecule has 0 radical (unpaired) electrons. The second-order valence-corrected chi connectivity index (χ2v) is 6.72. The largest absolute Gasteiger partial charge is 0.497 e. The van der Waals surface area contributed by atoms with Crippen LogP contribution in [0.5, 0.6) is 5.75 Å². The molecule has 0 saturated heterocycles. The predicted octanol–water partition coefficient (Wildman–Crippen LogP) is 3.54. The molecular formula is C19H26O4. The first kappa shape index (κ1) is 17.7. The molecule has 0 aliphatic heterocycles. The van der Waals surface area contributed by atoms with Crippen molar-refractivity contribution in [1.82, 2.24) is 0 Å². The van der Waals surface area contributed by atoms with Gasteiger partial charge in [0.05, 0.1) is 19.8 Å². The number of hydrogen-bond donors (Lipinski definition) is 0. The van der Waals surface area contributed by atoms with Crippen molar-refractivity contribution >= 4 is 5.78 Å². The molecule has 23 heavy (non-hydrogen) atoms. The van der Waals surface area contributed by atoms with Gasteiger partial charge in [-0.2, -0.15) is 0 Å². The van der Waals surface area contributed by atoms with Crippen LogP contribution < -0.4 is 4.74 Å². The maximum absolute atomic E-state index is 12.2. The van der Waals surface area contributed by atoms with E-state index in [-0.39, 0.29) is 23.4 Å². The van der Waals surface area contributed by atoms with E-state index in [0.717, 1.165) is 16.9 Å². The van der Waals surface area contributed by atoms with Crippen molar-refractivity contribution in [3.63, 3.8) is 0 Å². The van der Waals surface area contributed by atoms with Crippen LogP contribution in [0.25, 0.3) is 0 Å². The molecule has 126 valence electrons. The Bertz CT molecular complexity index is 572. The number of carbonyl (C=O) groups excluding carboxylic acids is 1. The van der Waals surface area contributed by atoms with E-state index in [9.17, 15) is 4.79 Å². The van der Waals surface area contributed by atoms with E-state index >= 15 is 0 Å². The zero-order valence-corrected chi connectivity index (χ0v) is 14.6. The van der Waals surface area contributed by atoms with Gasteiger partial charge in [-0.1, -0.05) is 26.0 Å². The Balaban J connectivity index is 2.15. The lowest BCUT2D eigenvalue weighted by Gasteiger charge is -2.35. The van der Waals surface area contributed by atoms with Crippen molar-refractivity contribution < 1.29 is 19.0 Å². The molecule has 4 heteroatoms. The number of benzene rings is 1. The SMILES string of the molecule is COc1ccc(COC2C=C(C)C(=O)CC(C)(C)C2OC)cc1. The van der Waals surface area contributed by atoms with Crippen LogP contribution >= 0.6 is 0 Å². The fourth-order valence-electron chi connectivity index (χ4n) is 3.03. The van der Waals surface area contributed by atoms with Crippen molar-refractivity contribution in [2.45, 2.75) is 46.0 Å². The van der Waals surface area contributed by atoms with Gasteiger partial charge < -0.3 is 14.2 Å². The monoisotopic (exact) mass is 318 g/mol. The van der Waals surface area contributed by atoms with Gasteiger partial charge in [0.1, 0.15) is 11.9 Å². The first-order valence-corrected chi connectivity index (χ1v) is 7.86. The second kappa shape index (κ2) is 7.28. The lowest BCUT2D eigenvalue weighted by Crippen LogP contribution is -2.41. The Labute approximate surface area is 138 Å². The Morgan fingerprint density at radius 2 is 1.83 bits per heavy atom. The van der Waals surface area contributed by atoms with Gasteiger partial charge in [0.2, 0.25) is 0 Å². The smallest absolute Gasteiger partial charge is 0.158 e. The number of carbonyl (C=O) groups is 1. The highest BCUT2D eigenvalue weighted by Gasteiger charge is 2.40. The first-order valence-electron chi connectivity index (χ1n) is 7.86. The maximum atomic E-state index is 12.2. The summed E-state index contributed by atoms with van der Waals surface area (Å²) in [5, 5.41) is 0. The van der Waals surface area contributed by atoms with Gasteiger partial charge in [-0.15, -0.1) is 0 Å². The highest BCUT2D eigenvalue weighted by atomic mass is 16.5. The van der Waals surface area contributed by atoms with Crippen LogP contribution in [-0.4, -0.2) is 32.2 Å². The molecule has 1 aromatic rings. The van der Waals surface area contributed by atoms with E-state index < -0.39 is 0 Å². The molecule has 0 heterocycles. The van der Waals surface area contributed by atoms with E-state index in [1.807, 2.05) is 37.3 Å². The van der Waals surface area contributed by atoms with Crippen LogP contribution in [0.15, 0.2) is 35.9 Å². The van der Waals surface area contributed by atoms with Gasteiger partial charge in [0.15, 0.2) is 5.78 Å². The average molecular weight is 318 g/mol. The quantitative estimate of drug-likeness (QED) is 0.833. The lowest BCUT2D eigenvalue weighted by atomic mass is 9.80. The number of methoxy groups -OCH3 is 2. The summed E-state index contributed by atoms with van der Waals surface area (Å²) in [5.41, 5.74) is 1.53. The first-order chi connectivity index (χ1) is 10.9. The van der Waals surface area contributed by atoms with E-state index in [1.165, 1.54) is 0 Å². The molecule has 2 unspecified atom stereocenters. The molecule has 1 aliphatic carbocycles. The van der Waals surface area contributed by atoms with Gasteiger partial charge in [0.25, 0.3) is 0 Å². The molecule has 0 saturated carbocycles. The van der Waals surface area contributed by atoms with E-state index in [2.05, 4.69) is 13.8 Å². The fraction of sp³-hybridized carbons (Fsp3) is 0.526. The molecule has 2 rings (SSSR count). The van der Waals surface area contributed by atoms with Crippen molar-refractivity contribution in [2.75, 3.05) is 14.2 Å². The third-order valence-corrected chi connectivity index (χ3v) is 4.39. The van der Waals surface area contributed by atoms with Crippen molar-refractivity contribution in [1.29, 1.82) is 0 Å². The summed E-state index contributed by atoms with van der Waals surface area (Å²) in [7, 11) is 3.32. The summed E-state index contributed by atoms with van der Waals surface area (Å²) < 4.78 is 16.9. The second-order valence-electron chi connectivity index (χ2n) is 6.72. The van der Waals surface area contributed by atoms with E-state index in [4.69, 9.17) is 14.2 Å². The third kappa shape index (κ3) is 4.21. The zero-order valence-electron chi connectivity index (χ0n) is 14.6. The Hall–Kier alpha value is -1.65. The van der Waals surface area contributed by atoms with Gasteiger partial charge in [-0.3, -0.25) is 4.79 Å². The van der Waals surface area contributed by atoms with Crippen LogP contribution in [0.3, 0.4) is 0 Å². The zero-order chi connectivity index (χ0) is 17.0. The number of ether oxygens (including phenoxy) is 3.